The van der Waals surface area contributed by atoms with Crippen LogP contribution in [-0.4, -0.2) is 23.0 Å². The molecule has 0 saturated heterocycles. The first-order valence-corrected chi connectivity index (χ1v) is 9.22. The highest BCUT2D eigenvalue weighted by Gasteiger charge is 2.11. The highest BCUT2D eigenvalue weighted by atomic mass is 35.5. The monoisotopic (exact) mass is 396 g/mol. The zero-order valence-electron chi connectivity index (χ0n) is 15.9. The van der Waals surface area contributed by atoms with Gasteiger partial charge >= 0.3 is 0 Å². The molecule has 6 nitrogen and oxygen atoms in total. The van der Waals surface area contributed by atoms with Gasteiger partial charge in [-0.05, 0) is 42.7 Å². The summed E-state index contributed by atoms with van der Waals surface area (Å²) >= 11 is 6.08. The number of hydrogen-bond donors (Lipinski definition) is 2. The number of amides is 1. The number of nitrogens with one attached hydrogen (secondary N) is 2. The molecule has 0 fully saturated rings. The summed E-state index contributed by atoms with van der Waals surface area (Å²) in [4.78, 5) is 21.0. The van der Waals surface area contributed by atoms with Crippen LogP contribution >= 0.6 is 11.6 Å². The first kappa shape index (κ1) is 19.6. The SMILES string of the molecule is CCc1cccc(C)c1Nc1ncc(C(=O)Nc2ccc(OC)c(Cl)c2)cn1. The Labute approximate surface area is 168 Å². The van der Waals surface area contributed by atoms with Gasteiger partial charge in [-0.2, -0.15) is 0 Å². The number of carbonyl (C=O) groups excluding carboxylic acids is 1. The number of aryl methyl sites for hydroxylation is 2. The van der Waals surface area contributed by atoms with Crippen molar-refractivity contribution in [2.45, 2.75) is 20.3 Å². The molecule has 0 aliphatic carbocycles. The largest absolute Gasteiger partial charge is 0.495 e. The Morgan fingerprint density at radius 3 is 2.57 bits per heavy atom. The van der Waals surface area contributed by atoms with Crippen LogP contribution in [0, 0.1) is 6.92 Å². The van der Waals surface area contributed by atoms with E-state index in [9.17, 15) is 4.79 Å². The van der Waals surface area contributed by atoms with E-state index in [0.29, 0.717) is 28.0 Å². The summed E-state index contributed by atoms with van der Waals surface area (Å²) in [5, 5.41) is 6.43. The summed E-state index contributed by atoms with van der Waals surface area (Å²) in [6, 6.07) is 11.2. The Balaban J connectivity index is 1.72. The lowest BCUT2D eigenvalue weighted by atomic mass is 10.1. The zero-order chi connectivity index (χ0) is 20.1. The molecule has 2 aromatic carbocycles. The second-order valence-electron chi connectivity index (χ2n) is 6.19. The smallest absolute Gasteiger partial charge is 0.258 e. The lowest BCUT2D eigenvalue weighted by Gasteiger charge is -2.13. The van der Waals surface area contributed by atoms with Gasteiger partial charge < -0.3 is 15.4 Å². The van der Waals surface area contributed by atoms with Crippen molar-refractivity contribution in [3.8, 4) is 5.75 Å². The number of rotatable bonds is 6. The number of para-hydroxylation sites is 1. The highest BCUT2D eigenvalue weighted by Crippen LogP contribution is 2.27. The summed E-state index contributed by atoms with van der Waals surface area (Å²) < 4.78 is 5.10. The predicted molar refractivity (Wildman–Crippen MR) is 112 cm³/mol. The Hall–Kier alpha value is -3.12. The van der Waals surface area contributed by atoms with Crippen molar-refractivity contribution in [1.82, 2.24) is 9.97 Å². The van der Waals surface area contributed by atoms with E-state index in [-0.39, 0.29) is 5.91 Å². The van der Waals surface area contributed by atoms with Gasteiger partial charge in [-0.3, -0.25) is 4.79 Å². The molecular formula is C21H21ClN4O2. The molecule has 0 bridgehead atoms. The van der Waals surface area contributed by atoms with Crippen LogP contribution in [0.4, 0.5) is 17.3 Å². The average Bonchev–Trinajstić information content (AvgIpc) is 2.70. The number of ether oxygens (including phenoxy) is 1. The Bertz CT molecular complexity index is 990. The van der Waals surface area contributed by atoms with Crippen LogP contribution in [0.2, 0.25) is 5.02 Å². The van der Waals surface area contributed by atoms with Crippen LogP contribution in [0.25, 0.3) is 0 Å². The maximum absolute atomic E-state index is 12.4. The van der Waals surface area contributed by atoms with E-state index in [1.807, 2.05) is 19.1 Å². The Morgan fingerprint density at radius 1 is 1.18 bits per heavy atom. The molecule has 1 aromatic heterocycles. The molecule has 0 atom stereocenters. The van der Waals surface area contributed by atoms with E-state index in [1.165, 1.54) is 25.1 Å². The van der Waals surface area contributed by atoms with Gasteiger partial charge in [0.15, 0.2) is 0 Å². The molecule has 0 aliphatic rings. The molecule has 0 spiro atoms. The number of halogens is 1. The quantitative estimate of drug-likeness (QED) is 0.612. The third-order valence-electron chi connectivity index (χ3n) is 4.30. The van der Waals surface area contributed by atoms with Gasteiger partial charge in [-0.15, -0.1) is 0 Å². The second-order valence-corrected chi connectivity index (χ2v) is 6.59. The van der Waals surface area contributed by atoms with Gasteiger partial charge in [-0.25, -0.2) is 9.97 Å². The molecule has 2 N–H and O–H groups in total. The standard InChI is InChI=1S/C21H21ClN4O2/c1-4-14-7-5-6-13(2)19(14)26-21-23-11-15(12-24-21)20(27)25-16-8-9-18(28-3)17(22)10-16/h5-12H,4H2,1-3H3,(H,25,27)(H,23,24,26). The van der Waals surface area contributed by atoms with Crippen LogP contribution in [0.3, 0.4) is 0 Å². The fourth-order valence-electron chi connectivity index (χ4n) is 2.77. The van der Waals surface area contributed by atoms with Gasteiger partial charge in [-0.1, -0.05) is 36.7 Å². The number of benzene rings is 2. The molecule has 144 valence electrons. The lowest BCUT2D eigenvalue weighted by molar-refractivity contribution is 0.102. The molecule has 3 aromatic rings. The molecule has 0 saturated carbocycles. The third kappa shape index (κ3) is 4.40. The predicted octanol–water partition coefficient (Wildman–Crippen LogP) is 5.01. The summed E-state index contributed by atoms with van der Waals surface area (Å²) in [5.41, 5.74) is 4.20. The first-order valence-electron chi connectivity index (χ1n) is 8.84. The second kappa shape index (κ2) is 8.71. The van der Waals surface area contributed by atoms with Crippen molar-refractivity contribution in [1.29, 1.82) is 0 Å². The molecule has 0 radical (unpaired) electrons. The first-order chi connectivity index (χ1) is 13.5. The van der Waals surface area contributed by atoms with E-state index in [2.05, 4.69) is 33.6 Å². The lowest BCUT2D eigenvalue weighted by Crippen LogP contribution is -2.13. The van der Waals surface area contributed by atoms with Crippen LogP contribution in [0.1, 0.15) is 28.4 Å². The van der Waals surface area contributed by atoms with Crippen molar-refractivity contribution < 1.29 is 9.53 Å². The van der Waals surface area contributed by atoms with Crippen molar-refractivity contribution >= 4 is 34.8 Å². The number of anilines is 3. The van der Waals surface area contributed by atoms with E-state index in [4.69, 9.17) is 16.3 Å². The number of hydrogen-bond acceptors (Lipinski definition) is 5. The summed E-state index contributed by atoms with van der Waals surface area (Å²) in [7, 11) is 1.53. The summed E-state index contributed by atoms with van der Waals surface area (Å²) in [6.45, 7) is 4.13. The number of carbonyl (C=O) groups is 1. The van der Waals surface area contributed by atoms with Crippen LogP contribution in [-0.2, 0) is 6.42 Å². The number of aromatic nitrogens is 2. The molecule has 0 unspecified atom stereocenters. The minimum atomic E-state index is -0.321. The van der Waals surface area contributed by atoms with E-state index >= 15 is 0 Å². The Morgan fingerprint density at radius 2 is 1.93 bits per heavy atom. The third-order valence-corrected chi connectivity index (χ3v) is 4.60. The van der Waals surface area contributed by atoms with E-state index in [0.717, 1.165) is 17.7 Å². The van der Waals surface area contributed by atoms with Gasteiger partial charge in [0.2, 0.25) is 5.95 Å². The normalized spacial score (nSPS) is 10.4. The highest BCUT2D eigenvalue weighted by molar-refractivity contribution is 6.32. The zero-order valence-corrected chi connectivity index (χ0v) is 16.7. The van der Waals surface area contributed by atoms with Crippen LogP contribution in [0.15, 0.2) is 48.8 Å². The fraction of sp³-hybridized carbons (Fsp3) is 0.190. The van der Waals surface area contributed by atoms with Crippen molar-refractivity contribution in [2.24, 2.45) is 0 Å². The number of methoxy groups -OCH3 is 1. The maximum Gasteiger partial charge on any atom is 0.258 e. The molecular weight excluding hydrogens is 376 g/mol. The van der Waals surface area contributed by atoms with Crippen molar-refractivity contribution in [3.05, 3.63) is 70.5 Å². The molecule has 1 heterocycles. The van der Waals surface area contributed by atoms with Gasteiger partial charge in [0.1, 0.15) is 5.75 Å². The van der Waals surface area contributed by atoms with Crippen molar-refractivity contribution in [2.75, 3.05) is 17.7 Å². The van der Waals surface area contributed by atoms with Crippen LogP contribution < -0.4 is 15.4 Å². The minimum absolute atomic E-state index is 0.321. The Kier molecular flexibility index (Phi) is 6.11. The van der Waals surface area contributed by atoms with E-state index in [1.54, 1.807) is 18.2 Å². The minimum Gasteiger partial charge on any atom is -0.495 e. The molecule has 3 rings (SSSR count). The maximum atomic E-state index is 12.4. The summed E-state index contributed by atoms with van der Waals surface area (Å²) in [6.07, 6.45) is 3.87. The number of nitrogens with zero attached hydrogens (tertiary/aromatic N) is 2. The molecule has 7 heteroatoms. The van der Waals surface area contributed by atoms with Gasteiger partial charge in [0, 0.05) is 23.8 Å². The molecule has 28 heavy (non-hydrogen) atoms. The van der Waals surface area contributed by atoms with Crippen molar-refractivity contribution in [3.63, 3.8) is 0 Å². The van der Waals surface area contributed by atoms with Crippen LogP contribution in [0.5, 0.6) is 5.75 Å². The topological polar surface area (TPSA) is 76.1 Å². The van der Waals surface area contributed by atoms with Gasteiger partial charge in [0.05, 0.1) is 17.7 Å². The molecule has 0 aliphatic heterocycles. The average molecular weight is 397 g/mol. The fourth-order valence-corrected chi connectivity index (χ4v) is 3.03. The summed E-state index contributed by atoms with van der Waals surface area (Å²) in [5.74, 6) is 0.659. The van der Waals surface area contributed by atoms with Gasteiger partial charge in [0.25, 0.3) is 5.91 Å². The molecule has 1 amide bonds. The van der Waals surface area contributed by atoms with E-state index < -0.39 is 0 Å².